The molecule has 0 fully saturated rings. The predicted molar refractivity (Wildman–Crippen MR) is 106 cm³/mol. The molecule has 0 aliphatic heterocycles. The minimum atomic E-state index is -0.260. The van der Waals surface area contributed by atoms with Gasteiger partial charge in [0.1, 0.15) is 16.8 Å². The van der Waals surface area contributed by atoms with Crippen molar-refractivity contribution < 1.29 is 9.53 Å². The first-order valence-corrected chi connectivity index (χ1v) is 10.3. The SMILES string of the molecule is Cc1cc(Br)cc(Br)c1OCC(=O)Nc1sc2c(c1C#N)CCCC2. The van der Waals surface area contributed by atoms with Crippen LogP contribution in [0.4, 0.5) is 5.00 Å². The Morgan fingerprint density at radius 3 is 2.84 bits per heavy atom. The molecular weight excluding hydrogens is 468 g/mol. The van der Waals surface area contributed by atoms with E-state index in [1.807, 2.05) is 19.1 Å². The quantitative estimate of drug-likeness (QED) is 0.637. The maximum atomic E-state index is 12.3. The molecule has 1 aliphatic rings. The number of ether oxygens (including phenoxy) is 1. The Kier molecular flexibility index (Phi) is 5.82. The van der Waals surface area contributed by atoms with Gasteiger partial charge in [0.2, 0.25) is 0 Å². The van der Waals surface area contributed by atoms with E-state index >= 15 is 0 Å². The number of hydrogen-bond acceptors (Lipinski definition) is 4. The highest BCUT2D eigenvalue weighted by Gasteiger charge is 2.22. The largest absolute Gasteiger partial charge is 0.482 e. The summed E-state index contributed by atoms with van der Waals surface area (Å²) in [6.45, 7) is 1.82. The first-order valence-electron chi connectivity index (χ1n) is 7.92. The van der Waals surface area contributed by atoms with Crippen LogP contribution in [0.2, 0.25) is 0 Å². The van der Waals surface area contributed by atoms with Crippen molar-refractivity contribution in [2.75, 3.05) is 11.9 Å². The van der Waals surface area contributed by atoms with Crippen molar-refractivity contribution in [3.8, 4) is 11.8 Å². The zero-order valence-corrected chi connectivity index (χ0v) is 17.6. The third kappa shape index (κ3) is 4.08. The van der Waals surface area contributed by atoms with E-state index in [9.17, 15) is 10.1 Å². The zero-order valence-electron chi connectivity index (χ0n) is 13.6. The van der Waals surface area contributed by atoms with Crippen molar-refractivity contribution in [3.63, 3.8) is 0 Å². The molecule has 0 radical (unpaired) electrons. The third-order valence-electron chi connectivity index (χ3n) is 4.08. The predicted octanol–water partition coefficient (Wildman–Crippen LogP) is 5.35. The van der Waals surface area contributed by atoms with Gasteiger partial charge >= 0.3 is 0 Å². The summed E-state index contributed by atoms with van der Waals surface area (Å²) in [5, 5.41) is 12.9. The van der Waals surface area contributed by atoms with Gasteiger partial charge in [-0.25, -0.2) is 0 Å². The maximum Gasteiger partial charge on any atom is 0.262 e. The number of fused-ring (bicyclic) bond motifs is 1. The third-order valence-corrected chi connectivity index (χ3v) is 6.33. The molecule has 1 aromatic heterocycles. The van der Waals surface area contributed by atoms with Crippen molar-refractivity contribution in [2.24, 2.45) is 0 Å². The van der Waals surface area contributed by atoms with Gasteiger partial charge in [0, 0.05) is 9.35 Å². The standard InChI is InChI=1S/C18H16Br2N2O2S/c1-10-6-11(19)7-14(20)17(10)24-9-16(23)22-18-13(8-21)12-4-2-3-5-15(12)25-18/h6-7H,2-5,9H2,1H3,(H,22,23). The lowest BCUT2D eigenvalue weighted by molar-refractivity contribution is -0.118. The van der Waals surface area contributed by atoms with Crippen LogP contribution in [-0.4, -0.2) is 12.5 Å². The van der Waals surface area contributed by atoms with E-state index in [1.54, 1.807) is 0 Å². The summed E-state index contributed by atoms with van der Waals surface area (Å²) in [6.07, 6.45) is 4.16. The Labute approximate surface area is 167 Å². The van der Waals surface area contributed by atoms with Gasteiger partial charge in [0.25, 0.3) is 5.91 Å². The van der Waals surface area contributed by atoms with E-state index in [-0.39, 0.29) is 12.5 Å². The second kappa shape index (κ2) is 7.90. The number of rotatable bonds is 4. The topological polar surface area (TPSA) is 62.1 Å². The molecule has 130 valence electrons. The Morgan fingerprint density at radius 1 is 1.36 bits per heavy atom. The van der Waals surface area contributed by atoms with E-state index in [2.05, 4.69) is 43.2 Å². The Bertz CT molecular complexity index is 848. The molecule has 0 saturated carbocycles. The first kappa shape index (κ1) is 18.4. The number of aryl methyl sites for hydroxylation is 2. The smallest absolute Gasteiger partial charge is 0.262 e. The second-order valence-electron chi connectivity index (χ2n) is 5.90. The van der Waals surface area contributed by atoms with Crippen LogP contribution in [0.3, 0.4) is 0 Å². The number of halogens is 2. The number of thiophene rings is 1. The summed E-state index contributed by atoms with van der Waals surface area (Å²) < 4.78 is 7.40. The van der Waals surface area contributed by atoms with Crippen molar-refractivity contribution in [1.29, 1.82) is 5.26 Å². The fraction of sp³-hybridized carbons (Fsp3) is 0.333. The first-order chi connectivity index (χ1) is 12.0. The molecule has 0 atom stereocenters. The fourth-order valence-electron chi connectivity index (χ4n) is 2.94. The number of amides is 1. The minimum Gasteiger partial charge on any atom is -0.482 e. The van der Waals surface area contributed by atoms with Gasteiger partial charge in [0.05, 0.1) is 10.0 Å². The fourth-order valence-corrected chi connectivity index (χ4v) is 5.75. The molecule has 0 bridgehead atoms. The summed E-state index contributed by atoms with van der Waals surface area (Å²) in [5.41, 5.74) is 2.66. The highest BCUT2D eigenvalue weighted by Crippen LogP contribution is 2.37. The number of nitrogens with one attached hydrogen (secondary N) is 1. The van der Waals surface area contributed by atoms with Crippen molar-refractivity contribution >= 4 is 54.1 Å². The molecule has 1 amide bonds. The molecule has 0 spiro atoms. The average Bonchev–Trinajstić information content (AvgIpc) is 2.90. The Hall–Kier alpha value is -1.36. The van der Waals surface area contributed by atoms with E-state index in [4.69, 9.17) is 4.74 Å². The number of nitriles is 1. The zero-order chi connectivity index (χ0) is 18.0. The molecule has 1 N–H and O–H groups in total. The number of nitrogens with zero attached hydrogens (tertiary/aromatic N) is 1. The van der Waals surface area contributed by atoms with Crippen LogP contribution >= 0.6 is 43.2 Å². The monoisotopic (exact) mass is 482 g/mol. The average molecular weight is 484 g/mol. The van der Waals surface area contributed by atoms with Crippen LogP contribution < -0.4 is 10.1 Å². The highest BCUT2D eigenvalue weighted by molar-refractivity contribution is 9.11. The van der Waals surface area contributed by atoms with Gasteiger partial charge in [-0.15, -0.1) is 11.3 Å². The number of carbonyl (C=O) groups excluding carboxylic acids is 1. The maximum absolute atomic E-state index is 12.3. The molecule has 1 aromatic carbocycles. The molecule has 25 heavy (non-hydrogen) atoms. The van der Waals surface area contributed by atoms with Crippen LogP contribution in [0, 0.1) is 18.3 Å². The molecule has 0 saturated heterocycles. The van der Waals surface area contributed by atoms with Crippen molar-refractivity contribution in [2.45, 2.75) is 32.6 Å². The normalized spacial score (nSPS) is 13.0. The lowest BCUT2D eigenvalue weighted by Gasteiger charge is -2.11. The van der Waals surface area contributed by atoms with Crippen LogP contribution in [0.15, 0.2) is 21.1 Å². The van der Waals surface area contributed by atoms with Gasteiger partial charge in [0.15, 0.2) is 6.61 Å². The number of anilines is 1. The van der Waals surface area contributed by atoms with Crippen LogP contribution in [-0.2, 0) is 17.6 Å². The Morgan fingerprint density at radius 2 is 2.12 bits per heavy atom. The van der Waals surface area contributed by atoms with Crippen LogP contribution in [0.25, 0.3) is 0 Å². The van der Waals surface area contributed by atoms with Gasteiger partial charge in [-0.1, -0.05) is 15.9 Å². The van der Waals surface area contributed by atoms with Crippen LogP contribution in [0.5, 0.6) is 5.75 Å². The summed E-state index contributed by atoms with van der Waals surface area (Å²) in [5.74, 6) is 0.383. The molecule has 1 aliphatic carbocycles. The molecule has 1 heterocycles. The van der Waals surface area contributed by atoms with Crippen molar-refractivity contribution in [1.82, 2.24) is 0 Å². The van der Waals surface area contributed by atoms with Crippen molar-refractivity contribution in [3.05, 3.63) is 42.6 Å². The molecule has 3 rings (SSSR count). The second-order valence-corrected chi connectivity index (χ2v) is 8.77. The lowest BCUT2D eigenvalue weighted by atomic mass is 9.96. The minimum absolute atomic E-state index is 0.103. The van der Waals surface area contributed by atoms with E-state index in [0.29, 0.717) is 16.3 Å². The molecule has 2 aromatic rings. The highest BCUT2D eigenvalue weighted by atomic mass is 79.9. The summed E-state index contributed by atoms with van der Waals surface area (Å²) >= 11 is 8.39. The van der Waals surface area contributed by atoms with Gasteiger partial charge in [-0.2, -0.15) is 5.26 Å². The van der Waals surface area contributed by atoms with Crippen LogP contribution in [0.1, 0.15) is 34.4 Å². The number of hydrogen-bond donors (Lipinski definition) is 1. The lowest BCUT2D eigenvalue weighted by Crippen LogP contribution is -2.20. The summed E-state index contributed by atoms with van der Waals surface area (Å²) in [7, 11) is 0. The van der Waals surface area contributed by atoms with Gasteiger partial charge < -0.3 is 10.1 Å². The van der Waals surface area contributed by atoms with Gasteiger partial charge in [-0.05, 0) is 71.8 Å². The number of benzene rings is 1. The summed E-state index contributed by atoms with van der Waals surface area (Å²) in [6, 6.07) is 6.06. The van der Waals surface area contributed by atoms with Gasteiger partial charge in [-0.3, -0.25) is 4.79 Å². The number of carbonyl (C=O) groups is 1. The van der Waals surface area contributed by atoms with E-state index < -0.39 is 0 Å². The molecule has 7 heteroatoms. The summed E-state index contributed by atoms with van der Waals surface area (Å²) in [4.78, 5) is 13.5. The van der Waals surface area contributed by atoms with E-state index in [1.165, 1.54) is 16.2 Å². The Balaban J connectivity index is 1.70. The molecule has 4 nitrogen and oxygen atoms in total. The molecule has 0 unspecified atom stereocenters. The molecular formula is C18H16Br2N2O2S. The van der Waals surface area contributed by atoms with E-state index in [0.717, 1.165) is 45.8 Å².